The largest absolute Gasteiger partial charge is 0.465 e. The highest BCUT2D eigenvalue weighted by molar-refractivity contribution is 9.12. The van der Waals surface area contributed by atoms with Gasteiger partial charge in [0.15, 0.2) is 6.61 Å². The van der Waals surface area contributed by atoms with E-state index in [-0.39, 0.29) is 21.5 Å². The Bertz CT molecular complexity index is 877. The van der Waals surface area contributed by atoms with Gasteiger partial charge in [0.2, 0.25) is 11.8 Å². The summed E-state index contributed by atoms with van der Waals surface area (Å²) >= 11 is 7.01. The number of hydrogen-bond donors (Lipinski definition) is 1. The first-order chi connectivity index (χ1) is 14.7. The number of alkyl halides is 2. The normalized spacial score (nSPS) is 25.1. The number of likely N-dealkylation sites (tertiary alicyclic amines) is 1. The molecule has 1 N–H and O–H groups in total. The third-order valence-corrected chi connectivity index (χ3v) is 7.98. The van der Waals surface area contributed by atoms with Gasteiger partial charge in [0, 0.05) is 15.3 Å². The van der Waals surface area contributed by atoms with E-state index in [2.05, 4.69) is 41.9 Å². The van der Waals surface area contributed by atoms with Crippen molar-refractivity contribution in [2.75, 3.05) is 25.6 Å². The molecule has 3 amide bonds. The summed E-state index contributed by atoms with van der Waals surface area (Å²) in [6, 6.07) is 5.96. The number of amides is 3. The summed E-state index contributed by atoms with van der Waals surface area (Å²) in [5.41, 5.74) is 0.723. The number of carbonyl (C=O) groups is 5. The minimum absolute atomic E-state index is 0.0720. The summed E-state index contributed by atoms with van der Waals surface area (Å²) in [6.45, 7) is -1.10. The van der Waals surface area contributed by atoms with Crippen molar-refractivity contribution in [1.82, 2.24) is 4.90 Å². The van der Waals surface area contributed by atoms with E-state index in [0.29, 0.717) is 24.1 Å². The average Bonchev–Trinajstić information content (AvgIpc) is 2.97. The molecular formula is C20H20Br2N2O7. The van der Waals surface area contributed by atoms with Gasteiger partial charge in [0.25, 0.3) is 5.91 Å². The van der Waals surface area contributed by atoms with Gasteiger partial charge in [0.05, 0.1) is 24.5 Å². The van der Waals surface area contributed by atoms with E-state index < -0.39 is 42.8 Å². The molecule has 1 heterocycles. The summed E-state index contributed by atoms with van der Waals surface area (Å²) in [5.74, 6) is -3.61. The van der Waals surface area contributed by atoms with Gasteiger partial charge in [0.1, 0.15) is 6.54 Å². The van der Waals surface area contributed by atoms with E-state index in [1.54, 1.807) is 0 Å². The third kappa shape index (κ3) is 5.32. The molecule has 11 heteroatoms. The first-order valence-corrected chi connectivity index (χ1v) is 11.3. The van der Waals surface area contributed by atoms with E-state index in [9.17, 15) is 24.0 Å². The average molecular weight is 560 g/mol. The van der Waals surface area contributed by atoms with Gasteiger partial charge < -0.3 is 14.8 Å². The first kappa shape index (κ1) is 23.4. The van der Waals surface area contributed by atoms with Gasteiger partial charge in [-0.1, -0.05) is 31.9 Å². The van der Waals surface area contributed by atoms with Crippen molar-refractivity contribution < 1.29 is 33.4 Å². The van der Waals surface area contributed by atoms with Crippen molar-refractivity contribution in [3.63, 3.8) is 0 Å². The van der Waals surface area contributed by atoms with Crippen LogP contribution in [0.1, 0.15) is 23.2 Å². The second kappa shape index (κ2) is 9.90. The molecule has 2 aliphatic rings. The van der Waals surface area contributed by atoms with Gasteiger partial charge >= 0.3 is 11.9 Å². The van der Waals surface area contributed by atoms with Gasteiger partial charge in [-0.15, -0.1) is 0 Å². The Balaban J connectivity index is 1.48. The smallest absolute Gasteiger partial charge is 0.337 e. The van der Waals surface area contributed by atoms with Crippen LogP contribution in [-0.2, 0) is 28.7 Å². The number of methoxy groups -OCH3 is 1. The molecule has 0 bridgehead atoms. The summed E-state index contributed by atoms with van der Waals surface area (Å²) in [6.07, 6.45) is 1.02. The van der Waals surface area contributed by atoms with E-state index in [0.717, 1.165) is 4.90 Å². The Labute approximate surface area is 195 Å². The van der Waals surface area contributed by atoms with Crippen LogP contribution in [0, 0.1) is 11.8 Å². The van der Waals surface area contributed by atoms with Gasteiger partial charge in [-0.2, -0.15) is 0 Å². The monoisotopic (exact) mass is 558 g/mol. The summed E-state index contributed by atoms with van der Waals surface area (Å²) < 4.78 is 9.51. The highest BCUT2D eigenvalue weighted by atomic mass is 79.9. The maximum atomic E-state index is 12.6. The Hall–Kier alpha value is -2.27. The quantitative estimate of drug-likeness (QED) is 0.321. The van der Waals surface area contributed by atoms with Crippen molar-refractivity contribution in [1.29, 1.82) is 0 Å². The number of imide groups is 1. The highest BCUT2D eigenvalue weighted by Crippen LogP contribution is 2.43. The third-order valence-electron chi connectivity index (χ3n) is 5.24. The van der Waals surface area contributed by atoms with Crippen LogP contribution in [-0.4, -0.2) is 64.5 Å². The lowest BCUT2D eigenvalue weighted by Gasteiger charge is -2.29. The number of esters is 2. The van der Waals surface area contributed by atoms with Crippen molar-refractivity contribution in [3.8, 4) is 0 Å². The molecule has 0 aromatic heterocycles. The number of carbonyl (C=O) groups excluding carboxylic acids is 5. The molecule has 0 spiro atoms. The molecule has 1 aliphatic heterocycles. The molecule has 2 fully saturated rings. The number of anilines is 1. The number of nitrogens with one attached hydrogen (secondary N) is 1. The first-order valence-electron chi connectivity index (χ1n) is 9.48. The lowest BCUT2D eigenvalue weighted by Crippen LogP contribution is -2.37. The van der Waals surface area contributed by atoms with Crippen molar-refractivity contribution >= 4 is 67.2 Å². The molecule has 1 saturated heterocycles. The van der Waals surface area contributed by atoms with Gasteiger partial charge in [-0.3, -0.25) is 24.1 Å². The number of halogens is 2. The lowest BCUT2D eigenvalue weighted by molar-refractivity contribution is -0.154. The van der Waals surface area contributed by atoms with Gasteiger partial charge in [-0.05, 0) is 37.1 Å². The van der Waals surface area contributed by atoms with Crippen LogP contribution in [0.15, 0.2) is 24.3 Å². The highest BCUT2D eigenvalue weighted by Gasteiger charge is 2.52. The second-order valence-corrected chi connectivity index (χ2v) is 9.61. The van der Waals surface area contributed by atoms with Crippen LogP contribution >= 0.6 is 31.9 Å². The summed E-state index contributed by atoms with van der Waals surface area (Å²) in [7, 11) is 1.26. The molecule has 166 valence electrons. The Morgan fingerprint density at radius 2 is 1.58 bits per heavy atom. The molecule has 1 aromatic carbocycles. The molecule has 0 radical (unpaired) electrons. The Morgan fingerprint density at radius 3 is 2.10 bits per heavy atom. The van der Waals surface area contributed by atoms with Crippen LogP contribution < -0.4 is 5.32 Å². The molecule has 1 saturated carbocycles. The maximum Gasteiger partial charge on any atom is 0.337 e. The van der Waals surface area contributed by atoms with E-state index in [4.69, 9.17) is 4.74 Å². The number of fused-ring (bicyclic) bond motifs is 1. The number of rotatable bonds is 6. The Morgan fingerprint density at radius 1 is 1.03 bits per heavy atom. The lowest BCUT2D eigenvalue weighted by atomic mass is 9.81. The SMILES string of the molecule is COC(=O)c1ccc(NC(=O)COC(=O)CN2C(=O)[C@H]3C[C@@H](Br)[C@@H](Br)C[C@H]3C2=O)cc1. The van der Waals surface area contributed by atoms with Crippen LogP contribution in [0.3, 0.4) is 0 Å². The maximum absolute atomic E-state index is 12.6. The fourth-order valence-electron chi connectivity index (χ4n) is 3.64. The summed E-state index contributed by atoms with van der Waals surface area (Å²) in [4.78, 5) is 61.7. The molecular weight excluding hydrogens is 540 g/mol. The number of nitrogens with zero attached hydrogens (tertiary/aromatic N) is 1. The van der Waals surface area contributed by atoms with Crippen LogP contribution in [0.4, 0.5) is 5.69 Å². The van der Waals surface area contributed by atoms with Crippen LogP contribution in [0.5, 0.6) is 0 Å². The minimum atomic E-state index is -0.845. The predicted molar refractivity (Wildman–Crippen MR) is 116 cm³/mol. The number of ether oxygens (including phenoxy) is 2. The zero-order valence-corrected chi connectivity index (χ0v) is 19.7. The molecule has 1 aromatic rings. The number of benzene rings is 1. The summed E-state index contributed by atoms with van der Waals surface area (Å²) in [5, 5.41) is 2.52. The van der Waals surface area contributed by atoms with Crippen molar-refractivity contribution in [2.45, 2.75) is 22.5 Å². The molecule has 4 atom stereocenters. The minimum Gasteiger partial charge on any atom is -0.465 e. The zero-order chi connectivity index (χ0) is 22.7. The van der Waals surface area contributed by atoms with E-state index in [1.165, 1.54) is 31.4 Å². The van der Waals surface area contributed by atoms with Crippen LogP contribution in [0.2, 0.25) is 0 Å². The molecule has 1 aliphatic carbocycles. The van der Waals surface area contributed by atoms with Crippen molar-refractivity contribution in [3.05, 3.63) is 29.8 Å². The fraction of sp³-hybridized carbons (Fsp3) is 0.450. The van der Waals surface area contributed by atoms with E-state index >= 15 is 0 Å². The van der Waals surface area contributed by atoms with Crippen molar-refractivity contribution in [2.24, 2.45) is 11.8 Å². The standard InChI is InChI=1S/C20H20Br2N2O7/c1-30-20(29)10-2-4-11(5-3-10)23-16(25)9-31-17(26)8-24-18(27)12-6-14(21)15(22)7-13(12)19(24)28/h2-5,12-15H,6-9H2,1H3,(H,23,25)/t12-,13+,14+,15-. The molecule has 0 unspecified atom stereocenters. The Kier molecular flexibility index (Phi) is 7.47. The van der Waals surface area contributed by atoms with Gasteiger partial charge in [-0.25, -0.2) is 4.79 Å². The van der Waals surface area contributed by atoms with Crippen LogP contribution in [0.25, 0.3) is 0 Å². The molecule has 3 rings (SSSR count). The number of hydrogen-bond acceptors (Lipinski definition) is 7. The molecule has 31 heavy (non-hydrogen) atoms. The zero-order valence-electron chi connectivity index (χ0n) is 16.5. The second-order valence-electron chi connectivity index (χ2n) is 7.26. The van der Waals surface area contributed by atoms with E-state index in [1.807, 2.05) is 0 Å². The predicted octanol–water partition coefficient (Wildman–Crippen LogP) is 1.88. The topological polar surface area (TPSA) is 119 Å². The molecule has 9 nitrogen and oxygen atoms in total. The fourth-order valence-corrected chi connectivity index (χ4v) is 4.88.